The van der Waals surface area contributed by atoms with E-state index in [4.69, 9.17) is 10.0 Å². The van der Waals surface area contributed by atoms with Gasteiger partial charge in [-0.25, -0.2) is 0 Å². The molecule has 0 fully saturated rings. The summed E-state index contributed by atoms with van der Waals surface area (Å²) in [4.78, 5) is 0. The lowest BCUT2D eigenvalue weighted by molar-refractivity contribution is -0.142. The number of rotatable bonds is 1. The predicted octanol–water partition coefficient (Wildman–Crippen LogP) is 2.21. The molecule has 0 aromatic heterocycles. The Labute approximate surface area is 105 Å². The van der Waals surface area contributed by atoms with Crippen molar-refractivity contribution in [2.45, 2.75) is 12.4 Å². The van der Waals surface area contributed by atoms with Gasteiger partial charge in [0.25, 0.3) is 0 Å². The molecule has 1 aromatic carbocycles. The molecule has 2 nitrogen and oxygen atoms in total. The van der Waals surface area contributed by atoms with Gasteiger partial charge in [-0.2, -0.15) is 26.3 Å². The van der Waals surface area contributed by atoms with Crippen LogP contribution in [0.5, 0.6) is 0 Å². The molecule has 0 bridgehead atoms. The van der Waals surface area contributed by atoms with Crippen LogP contribution in [0.1, 0.15) is 11.1 Å². The van der Waals surface area contributed by atoms with E-state index in [1.165, 1.54) is 0 Å². The normalized spacial score (nSPS) is 11.6. The monoisotopic (exact) mass is 286 g/mol. The maximum atomic E-state index is 12.4. The third-order valence-corrected chi connectivity index (χ3v) is 1.96. The van der Waals surface area contributed by atoms with Gasteiger partial charge in [-0.05, 0) is 11.5 Å². The Bertz CT molecular complexity index is 427. The fourth-order valence-corrected chi connectivity index (χ4v) is 1.20. The average molecular weight is 286 g/mol. The summed E-state index contributed by atoms with van der Waals surface area (Å²) in [6, 6.07) is 0.578. The standard InChI is InChI=1S/C8H5BF6O2.C2H4/c10-7(11,12)4-1-2-6(9(16)17)5(3-4)8(13,14)15;1-2/h1-3,16-17H;1-2H2. The number of hydrogen-bond donors (Lipinski definition) is 2. The Balaban J connectivity index is 0.00000154. The minimum Gasteiger partial charge on any atom is -0.423 e. The Hall–Kier alpha value is -1.48. The summed E-state index contributed by atoms with van der Waals surface area (Å²) < 4.78 is 73.8. The van der Waals surface area contributed by atoms with Gasteiger partial charge in [0.05, 0.1) is 11.1 Å². The maximum Gasteiger partial charge on any atom is 0.489 e. The summed E-state index contributed by atoms with van der Waals surface area (Å²) in [7, 11) is -2.49. The third-order valence-electron chi connectivity index (χ3n) is 1.96. The van der Waals surface area contributed by atoms with E-state index in [1.807, 2.05) is 0 Å². The van der Waals surface area contributed by atoms with Gasteiger partial charge < -0.3 is 10.0 Å². The van der Waals surface area contributed by atoms with Crippen molar-refractivity contribution in [2.24, 2.45) is 0 Å². The fraction of sp³-hybridized carbons (Fsp3) is 0.200. The molecule has 0 amide bonds. The predicted molar refractivity (Wildman–Crippen MR) is 57.5 cm³/mol. The summed E-state index contributed by atoms with van der Waals surface area (Å²) in [5.41, 5.74) is -4.25. The van der Waals surface area contributed by atoms with Crippen LogP contribution in [0, 0.1) is 0 Å². The molecule has 0 radical (unpaired) electrons. The van der Waals surface area contributed by atoms with Gasteiger partial charge in [0.2, 0.25) is 0 Å². The van der Waals surface area contributed by atoms with Gasteiger partial charge in [-0.3, -0.25) is 0 Å². The Morgan fingerprint density at radius 3 is 1.68 bits per heavy atom. The summed E-state index contributed by atoms with van der Waals surface area (Å²) >= 11 is 0. The second-order valence-corrected chi connectivity index (χ2v) is 3.17. The topological polar surface area (TPSA) is 40.5 Å². The van der Waals surface area contributed by atoms with Crippen molar-refractivity contribution in [1.82, 2.24) is 0 Å². The van der Waals surface area contributed by atoms with E-state index < -0.39 is 36.1 Å². The van der Waals surface area contributed by atoms with E-state index in [0.29, 0.717) is 12.1 Å². The first kappa shape index (κ1) is 17.5. The van der Waals surface area contributed by atoms with Crippen LogP contribution in [-0.2, 0) is 12.4 Å². The van der Waals surface area contributed by atoms with Crippen LogP contribution in [0.15, 0.2) is 31.4 Å². The first-order chi connectivity index (χ1) is 8.53. The van der Waals surface area contributed by atoms with Gasteiger partial charge >= 0.3 is 19.5 Å². The van der Waals surface area contributed by atoms with Crippen LogP contribution in [0.25, 0.3) is 0 Å². The molecule has 1 aromatic rings. The van der Waals surface area contributed by atoms with E-state index in [-0.39, 0.29) is 6.07 Å². The highest BCUT2D eigenvalue weighted by Crippen LogP contribution is 2.34. The van der Waals surface area contributed by atoms with Crippen molar-refractivity contribution in [3.05, 3.63) is 42.5 Å². The zero-order valence-electron chi connectivity index (χ0n) is 9.39. The highest BCUT2D eigenvalue weighted by atomic mass is 19.4. The summed E-state index contributed by atoms with van der Waals surface area (Å²) in [6.45, 7) is 6.00. The third kappa shape index (κ3) is 4.60. The molecule has 2 N–H and O–H groups in total. The lowest BCUT2D eigenvalue weighted by atomic mass is 9.76. The van der Waals surface area contributed by atoms with E-state index in [0.717, 1.165) is 0 Å². The lowest BCUT2D eigenvalue weighted by Crippen LogP contribution is -2.36. The van der Waals surface area contributed by atoms with Crippen LogP contribution in [0.2, 0.25) is 0 Å². The van der Waals surface area contributed by atoms with Crippen LogP contribution >= 0.6 is 0 Å². The zero-order chi connectivity index (χ0) is 15.4. The van der Waals surface area contributed by atoms with Crippen molar-refractivity contribution in [3.8, 4) is 0 Å². The molecular weight excluding hydrogens is 277 g/mol. The van der Waals surface area contributed by atoms with Gasteiger partial charge in [0, 0.05) is 0 Å². The Kier molecular flexibility index (Phi) is 5.64. The molecule has 0 unspecified atom stereocenters. The van der Waals surface area contributed by atoms with E-state index in [9.17, 15) is 26.3 Å². The molecule has 1 rings (SSSR count). The minimum atomic E-state index is -5.10. The summed E-state index contributed by atoms with van der Waals surface area (Å²) in [5.74, 6) is 0. The smallest absolute Gasteiger partial charge is 0.423 e. The van der Waals surface area contributed by atoms with E-state index in [2.05, 4.69) is 13.2 Å². The molecule has 106 valence electrons. The maximum absolute atomic E-state index is 12.4. The second kappa shape index (κ2) is 6.11. The van der Waals surface area contributed by atoms with Crippen molar-refractivity contribution in [3.63, 3.8) is 0 Å². The van der Waals surface area contributed by atoms with Crippen LogP contribution < -0.4 is 5.46 Å². The van der Waals surface area contributed by atoms with Crippen LogP contribution in [0.4, 0.5) is 26.3 Å². The highest BCUT2D eigenvalue weighted by Gasteiger charge is 2.39. The van der Waals surface area contributed by atoms with E-state index in [1.54, 1.807) is 0 Å². The van der Waals surface area contributed by atoms with Gasteiger partial charge in [0.1, 0.15) is 0 Å². The molecule has 0 aliphatic carbocycles. The molecule has 0 spiro atoms. The Morgan fingerprint density at radius 2 is 1.37 bits per heavy atom. The largest absolute Gasteiger partial charge is 0.489 e. The van der Waals surface area contributed by atoms with Gasteiger partial charge in [-0.1, -0.05) is 12.1 Å². The molecule has 0 saturated heterocycles. The molecular formula is C10H9BF6O2. The summed E-state index contributed by atoms with van der Waals surface area (Å²) in [5, 5.41) is 17.3. The SMILES string of the molecule is C=C.OB(O)c1ccc(C(F)(F)F)cc1C(F)(F)F. The molecule has 0 saturated carbocycles. The molecule has 19 heavy (non-hydrogen) atoms. The zero-order valence-corrected chi connectivity index (χ0v) is 9.39. The first-order valence-corrected chi connectivity index (χ1v) is 4.68. The first-order valence-electron chi connectivity index (χ1n) is 4.68. The number of benzene rings is 1. The number of alkyl halides is 6. The molecule has 0 heterocycles. The average Bonchev–Trinajstić information content (AvgIpc) is 2.28. The lowest BCUT2D eigenvalue weighted by Gasteiger charge is -2.15. The highest BCUT2D eigenvalue weighted by molar-refractivity contribution is 6.59. The van der Waals surface area contributed by atoms with E-state index >= 15 is 0 Å². The second-order valence-electron chi connectivity index (χ2n) is 3.17. The molecule has 0 aliphatic rings. The van der Waals surface area contributed by atoms with Crippen molar-refractivity contribution < 1.29 is 36.4 Å². The number of halogens is 6. The van der Waals surface area contributed by atoms with Gasteiger partial charge in [-0.15, -0.1) is 13.2 Å². The van der Waals surface area contributed by atoms with Crippen molar-refractivity contribution in [1.29, 1.82) is 0 Å². The van der Waals surface area contributed by atoms with Gasteiger partial charge in [0.15, 0.2) is 0 Å². The Morgan fingerprint density at radius 1 is 0.895 bits per heavy atom. The molecule has 0 aliphatic heterocycles. The quantitative estimate of drug-likeness (QED) is 0.472. The molecule has 9 heteroatoms. The van der Waals surface area contributed by atoms with Crippen molar-refractivity contribution in [2.75, 3.05) is 0 Å². The molecule has 0 atom stereocenters. The summed E-state index contributed by atoms with van der Waals surface area (Å²) in [6.07, 6.45) is -10.0. The van der Waals surface area contributed by atoms with Crippen LogP contribution in [-0.4, -0.2) is 17.2 Å². The van der Waals surface area contributed by atoms with Crippen molar-refractivity contribution >= 4 is 12.6 Å². The number of hydrogen-bond acceptors (Lipinski definition) is 2. The fourth-order valence-electron chi connectivity index (χ4n) is 1.20. The van der Waals surface area contributed by atoms with Crippen LogP contribution in [0.3, 0.4) is 0 Å². The minimum absolute atomic E-state index is 0.158.